The van der Waals surface area contributed by atoms with Crippen molar-refractivity contribution in [2.24, 2.45) is 5.41 Å². The summed E-state index contributed by atoms with van der Waals surface area (Å²) in [6, 6.07) is 8.75. The molecule has 0 radical (unpaired) electrons. The molecule has 0 aromatic heterocycles. The fraction of sp³-hybridized carbons (Fsp3) is 0.667. The van der Waals surface area contributed by atoms with E-state index in [1.54, 1.807) is 0 Å². The molecule has 1 saturated heterocycles. The Bertz CT molecular complexity index is 455. The predicted octanol–water partition coefficient (Wildman–Crippen LogP) is 3.13. The van der Waals surface area contributed by atoms with Gasteiger partial charge in [-0.25, -0.2) is 0 Å². The first-order chi connectivity index (χ1) is 10.2. The summed E-state index contributed by atoms with van der Waals surface area (Å²) >= 11 is 0. The third-order valence-electron chi connectivity index (χ3n) is 5.27. The molecule has 1 N–H and O–H groups in total. The highest BCUT2D eigenvalue weighted by molar-refractivity contribution is 5.36. The van der Waals surface area contributed by atoms with Crippen LogP contribution in [0.25, 0.3) is 0 Å². The quantitative estimate of drug-likeness (QED) is 0.903. The van der Waals surface area contributed by atoms with E-state index in [1.165, 1.54) is 31.2 Å². The van der Waals surface area contributed by atoms with E-state index < -0.39 is 0 Å². The maximum absolute atomic E-state index is 5.56. The zero-order chi connectivity index (χ0) is 14.8. The highest BCUT2D eigenvalue weighted by Gasteiger charge is 2.54. The van der Waals surface area contributed by atoms with Crippen LogP contribution in [0.5, 0.6) is 5.75 Å². The maximum atomic E-state index is 5.56. The lowest BCUT2D eigenvalue weighted by Gasteiger charge is -2.58. The summed E-state index contributed by atoms with van der Waals surface area (Å²) in [5.74, 6) is 0.973. The summed E-state index contributed by atoms with van der Waals surface area (Å²) in [4.78, 5) is 0. The van der Waals surface area contributed by atoms with Gasteiger partial charge in [0.15, 0.2) is 0 Å². The van der Waals surface area contributed by atoms with Gasteiger partial charge >= 0.3 is 0 Å². The second-order valence-electron chi connectivity index (χ2n) is 6.73. The van der Waals surface area contributed by atoms with Crippen LogP contribution in [0.4, 0.5) is 0 Å². The molecule has 3 heteroatoms. The molecule has 1 aromatic rings. The second kappa shape index (κ2) is 5.98. The van der Waals surface area contributed by atoms with Crippen molar-refractivity contribution in [3.8, 4) is 5.75 Å². The normalized spacial score (nSPS) is 22.8. The van der Waals surface area contributed by atoms with Crippen LogP contribution in [-0.2, 0) is 10.2 Å². The number of likely N-dealkylation sites (N-methyl/N-ethyl adjacent to an activating group) is 1. The summed E-state index contributed by atoms with van der Waals surface area (Å²) in [5, 5.41) is 3.41. The van der Waals surface area contributed by atoms with Gasteiger partial charge in [0.25, 0.3) is 0 Å². The molecule has 0 bridgehead atoms. The number of rotatable bonds is 5. The van der Waals surface area contributed by atoms with E-state index in [0.29, 0.717) is 10.8 Å². The van der Waals surface area contributed by atoms with Crippen molar-refractivity contribution in [3.63, 3.8) is 0 Å². The number of nitrogens with one attached hydrogen (secondary N) is 1. The molecule has 0 unspecified atom stereocenters. The van der Waals surface area contributed by atoms with E-state index in [0.717, 1.165) is 32.1 Å². The third kappa shape index (κ3) is 2.82. The molecule has 0 atom stereocenters. The van der Waals surface area contributed by atoms with Gasteiger partial charge in [-0.2, -0.15) is 0 Å². The first-order valence-corrected chi connectivity index (χ1v) is 8.18. The lowest BCUT2D eigenvalue weighted by molar-refractivity contribution is -0.0732. The molecule has 1 aliphatic carbocycles. The Balaban J connectivity index is 1.76. The van der Waals surface area contributed by atoms with E-state index in [4.69, 9.17) is 9.47 Å². The van der Waals surface area contributed by atoms with Crippen molar-refractivity contribution in [1.82, 2.24) is 5.32 Å². The lowest BCUT2D eigenvalue weighted by Crippen LogP contribution is -2.56. The Labute approximate surface area is 128 Å². The Morgan fingerprint density at radius 1 is 1.14 bits per heavy atom. The summed E-state index contributed by atoms with van der Waals surface area (Å²) in [6.45, 7) is 5.70. The van der Waals surface area contributed by atoms with Crippen LogP contribution in [0.1, 0.15) is 38.2 Å². The van der Waals surface area contributed by atoms with Crippen LogP contribution >= 0.6 is 0 Å². The molecule has 1 aromatic carbocycles. The van der Waals surface area contributed by atoms with E-state index >= 15 is 0 Å². The average Bonchev–Trinajstić information content (AvgIpc) is 2.48. The lowest BCUT2D eigenvalue weighted by atomic mass is 9.48. The molecule has 1 spiro atoms. The molecule has 2 fully saturated rings. The molecule has 3 rings (SSSR count). The van der Waals surface area contributed by atoms with Crippen LogP contribution in [0, 0.1) is 5.41 Å². The van der Waals surface area contributed by atoms with Gasteiger partial charge in [0.05, 0.1) is 6.61 Å². The van der Waals surface area contributed by atoms with Gasteiger partial charge < -0.3 is 14.8 Å². The minimum Gasteiger partial charge on any atom is -0.494 e. The van der Waals surface area contributed by atoms with Gasteiger partial charge in [0.1, 0.15) is 5.75 Å². The highest BCUT2D eigenvalue weighted by Crippen LogP contribution is 2.60. The van der Waals surface area contributed by atoms with Crippen molar-refractivity contribution in [2.45, 2.75) is 38.0 Å². The number of benzene rings is 1. The van der Waals surface area contributed by atoms with Gasteiger partial charge in [-0.3, -0.25) is 0 Å². The first-order valence-electron chi connectivity index (χ1n) is 8.18. The largest absolute Gasteiger partial charge is 0.494 e. The van der Waals surface area contributed by atoms with Gasteiger partial charge in [-0.05, 0) is 62.8 Å². The molecule has 1 saturated carbocycles. The van der Waals surface area contributed by atoms with E-state index in [2.05, 4.69) is 36.6 Å². The molecule has 1 aliphatic heterocycles. The van der Waals surface area contributed by atoms with Crippen LogP contribution in [0.2, 0.25) is 0 Å². The van der Waals surface area contributed by atoms with Gasteiger partial charge in [-0.1, -0.05) is 12.1 Å². The van der Waals surface area contributed by atoms with Crippen LogP contribution in [0.3, 0.4) is 0 Å². The zero-order valence-electron chi connectivity index (χ0n) is 13.3. The number of ether oxygens (including phenoxy) is 2. The molecule has 1 heterocycles. The van der Waals surface area contributed by atoms with Gasteiger partial charge in [-0.15, -0.1) is 0 Å². The van der Waals surface area contributed by atoms with E-state index in [-0.39, 0.29) is 0 Å². The number of hydrogen-bond acceptors (Lipinski definition) is 3. The zero-order valence-corrected chi connectivity index (χ0v) is 13.3. The van der Waals surface area contributed by atoms with Crippen molar-refractivity contribution in [3.05, 3.63) is 29.8 Å². The minimum atomic E-state index is 0.302. The minimum absolute atomic E-state index is 0.302. The summed E-state index contributed by atoms with van der Waals surface area (Å²) < 4.78 is 11.1. The number of hydrogen-bond donors (Lipinski definition) is 1. The maximum Gasteiger partial charge on any atom is 0.119 e. The Hall–Kier alpha value is -1.06. The van der Waals surface area contributed by atoms with Gasteiger partial charge in [0, 0.05) is 25.2 Å². The predicted molar refractivity (Wildman–Crippen MR) is 84.9 cm³/mol. The van der Waals surface area contributed by atoms with Crippen molar-refractivity contribution in [1.29, 1.82) is 0 Å². The Morgan fingerprint density at radius 3 is 2.38 bits per heavy atom. The van der Waals surface area contributed by atoms with Crippen LogP contribution in [-0.4, -0.2) is 33.4 Å². The molecule has 21 heavy (non-hydrogen) atoms. The van der Waals surface area contributed by atoms with Gasteiger partial charge in [0.2, 0.25) is 0 Å². The Kier molecular flexibility index (Phi) is 4.23. The highest BCUT2D eigenvalue weighted by atomic mass is 16.5. The molecule has 3 nitrogen and oxygen atoms in total. The summed E-state index contributed by atoms with van der Waals surface area (Å²) in [5.41, 5.74) is 2.29. The van der Waals surface area contributed by atoms with E-state index in [1.807, 2.05) is 6.92 Å². The fourth-order valence-electron chi connectivity index (χ4n) is 4.38. The SMILES string of the molecule is CCOc1ccc(C2(CNC)CC3(CCOCC3)C2)cc1. The topological polar surface area (TPSA) is 30.5 Å². The van der Waals surface area contributed by atoms with Crippen molar-refractivity contribution < 1.29 is 9.47 Å². The van der Waals surface area contributed by atoms with E-state index in [9.17, 15) is 0 Å². The van der Waals surface area contributed by atoms with Crippen molar-refractivity contribution >= 4 is 0 Å². The smallest absolute Gasteiger partial charge is 0.119 e. The molecule has 2 aliphatic rings. The van der Waals surface area contributed by atoms with Crippen LogP contribution in [0.15, 0.2) is 24.3 Å². The molecular formula is C18H27NO2. The monoisotopic (exact) mass is 289 g/mol. The molecule has 0 amide bonds. The van der Waals surface area contributed by atoms with Crippen LogP contribution < -0.4 is 10.1 Å². The fourth-order valence-corrected chi connectivity index (χ4v) is 4.38. The molecule has 116 valence electrons. The Morgan fingerprint density at radius 2 is 1.81 bits per heavy atom. The summed E-state index contributed by atoms with van der Waals surface area (Å²) in [7, 11) is 2.06. The summed E-state index contributed by atoms with van der Waals surface area (Å²) in [6.07, 6.45) is 5.04. The second-order valence-corrected chi connectivity index (χ2v) is 6.73. The first kappa shape index (κ1) is 14.9. The third-order valence-corrected chi connectivity index (χ3v) is 5.27. The standard InChI is InChI=1S/C18H27NO2/c1-3-21-16-6-4-15(5-7-16)18(14-19-2)12-17(13-18)8-10-20-11-9-17/h4-7,19H,3,8-14H2,1-2H3. The van der Waals surface area contributed by atoms with Crippen molar-refractivity contribution in [2.75, 3.05) is 33.4 Å². The average molecular weight is 289 g/mol. The molecular weight excluding hydrogens is 262 g/mol.